The lowest BCUT2D eigenvalue weighted by Gasteiger charge is -2.11. The molecular weight excluding hydrogens is 308 g/mol. The number of rotatable bonds is 4. The number of hydrogen-bond donors (Lipinski definition) is 0. The minimum Gasteiger partial charge on any atom is -0.302 e. The van der Waals surface area contributed by atoms with Crippen molar-refractivity contribution in [2.24, 2.45) is 0 Å². The molecule has 0 unspecified atom stereocenters. The molecule has 23 heavy (non-hydrogen) atoms. The van der Waals surface area contributed by atoms with E-state index in [1.807, 2.05) is 36.4 Å². The molecule has 2 aromatic carbocycles. The number of hydrogen-bond acceptors (Lipinski definition) is 4. The summed E-state index contributed by atoms with van der Waals surface area (Å²) in [5.41, 5.74) is 5.50. The van der Waals surface area contributed by atoms with Crippen molar-refractivity contribution >= 4 is 9.84 Å². The fraction of sp³-hybridized carbons (Fsp3) is 0.278. The SMILES string of the molecule is CS(=O)(=O)CCc1cc2c(c(-c3ccccc3)c1)CN(C#N)C2. The van der Waals surface area contributed by atoms with Crippen LogP contribution in [0.1, 0.15) is 16.7 Å². The fourth-order valence-corrected chi connectivity index (χ4v) is 3.58. The van der Waals surface area contributed by atoms with E-state index >= 15 is 0 Å². The van der Waals surface area contributed by atoms with Crippen LogP contribution in [0.5, 0.6) is 0 Å². The van der Waals surface area contributed by atoms with Crippen molar-refractivity contribution in [3.8, 4) is 17.3 Å². The van der Waals surface area contributed by atoms with Crippen LogP contribution in [0.3, 0.4) is 0 Å². The molecule has 0 saturated carbocycles. The lowest BCUT2D eigenvalue weighted by Crippen LogP contribution is -2.07. The van der Waals surface area contributed by atoms with Crippen molar-refractivity contribution in [3.63, 3.8) is 0 Å². The van der Waals surface area contributed by atoms with E-state index in [4.69, 9.17) is 0 Å². The Bertz CT molecular complexity index is 868. The van der Waals surface area contributed by atoms with Crippen LogP contribution in [0.15, 0.2) is 42.5 Å². The van der Waals surface area contributed by atoms with Crippen molar-refractivity contribution in [2.45, 2.75) is 19.5 Å². The highest BCUT2D eigenvalue weighted by Crippen LogP contribution is 2.34. The summed E-state index contributed by atoms with van der Waals surface area (Å²) in [4.78, 5) is 1.72. The van der Waals surface area contributed by atoms with E-state index in [0.717, 1.165) is 22.3 Å². The van der Waals surface area contributed by atoms with Gasteiger partial charge in [-0.3, -0.25) is 0 Å². The maximum absolute atomic E-state index is 11.4. The van der Waals surface area contributed by atoms with Crippen molar-refractivity contribution in [1.29, 1.82) is 5.26 Å². The van der Waals surface area contributed by atoms with Crippen LogP contribution in [0.4, 0.5) is 0 Å². The lowest BCUT2D eigenvalue weighted by molar-refractivity contribution is 0.417. The number of benzene rings is 2. The van der Waals surface area contributed by atoms with E-state index < -0.39 is 9.84 Å². The van der Waals surface area contributed by atoms with Gasteiger partial charge in [0, 0.05) is 6.26 Å². The Labute approximate surface area is 136 Å². The second-order valence-electron chi connectivity index (χ2n) is 5.98. The largest absolute Gasteiger partial charge is 0.302 e. The van der Waals surface area contributed by atoms with Crippen LogP contribution >= 0.6 is 0 Å². The monoisotopic (exact) mass is 326 g/mol. The second-order valence-corrected chi connectivity index (χ2v) is 8.24. The molecule has 0 aromatic heterocycles. The summed E-state index contributed by atoms with van der Waals surface area (Å²) in [5, 5.41) is 9.18. The van der Waals surface area contributed by atoms with Gasteiger partial charge in [0.25, 0.3) is 0 Å². The predicted octanol–water partition coefficient (Wildman–Crippen LogP) is 2.74. The molecule has 0 radical (unpaired) electrons. The van der Waals surface area contributed by atoms with Gasteiger partial charge >= 0.3 is 0 Å². The Hall–Kier alpha value is -2.32. The summed E-state index contributed by atoms with van der Waals surface area (Å²) < 4.78 is 22.9. The normalized spacial score (nSPS) is 13.7. The topological polar surface area (TPSA) is 61.2 Å². The van der Waals surface area contributed by atoms with Crippen molar-refractivity contribution in [1.82, 2.24) is 4.90 Å². The van der Waals surface area contributed by atoms with Gasteiger partial charge in [0.15, 0.2) is 6.19 Å². The Morgan fingerprint density at radius 1 is 1.17 bits per heavy atom. The van der Waals surface area contributed by atoms with Gasteiger partial charge in [0.2, 0.25) is 0 Å². The average Bonchev–Trinajstić information content (AvgIpc) is 2.95. The minimum atomic E-state index is -2.99. The van der Waals surface area contributed by atoms with Gasteiger partial charge in [-0.2, -0.15) is 5.26 Å². The quantitative estimate of drug-likeness (QED) is 0.811. The summed E-state index contributed by atoms with van der Waals surface area (Å²) in [6, 6.07) is 14.2. The molecule has 0 bridgehead atoms. The number of sulfone groups is 1. The summed E-state index contributed by atoms with van der Waals surface area (Å²) in [6.45, 7) is 1.21. The molecule has 1 aliphatic heterocycles. The zero-order chi connectivity index (χ0) is 16.4. The first-order valence-electron chi connectivity index (χ1n) is 7.49. The first-order valence-corrected chi connectivity index (χ1v) is 9.55. The Morgan fingerprint density at radius 3 is 2.57 bits per heavy atom. The van der Waals surface area contributed by atoms with E-state index in [1.165, 1.54) is 11.8 Å². The molecule has 1 aliphatic rings. The van der Waals surface area contributed by atoms with Crippen LogP contribution in [0.2, 0.25) is 0 Å². The third-order valence-electron chi connectivity index (χ3n) is 4.10. The van der Waals surface area contributed by atoms with Gasteiger partial charge in [-0.05, 0) is 34.2 Å². The molecule has 0 aliphatic carbocycles. The standard InChI is InChI=1S/C18H18N2O2S/c1-23(21,22)8-7-14-9-16-11-20(13-19)12-18(16)17(10-14)15-5-3-2-4-6-15/h2-6,9-10H,7-8,11-12H2,1H3. The summed E-state index contributed by atoms with van der Waals surface area (Å²) in [6.07, 6.45) is 3.96. The Kier molecular flexibility index (Phi) is 4.10. The maximum atomic E-state index is 11.4. The van der Waals surface area contributed by atoms with E-state index in [2.05, 4.69) is 12.3 Å². The van der Waals surface area contributed by atoms with E-state index in [1.54, 1.807) is 4.90 Å². The number of aryl methyl sites for hydroxylation is 1. The molecule has 0 fully saturated rings. The molecule has 3 rings (SSSR count). The maximum Gasteiger partial charge on any atom is 0.179 e. The predicted molar refractivity (Wildman–Crippen MR) is 90.2 cm³/mol. The van der Waals surface area contributed by atoms with Crippen LogP contribution in [0, 0.1) is 11.5 Å². The van der Waals surface area contributed by atoms with E-state index in [0.29, 0.717) is 19.5 Å². The molecule has 4 nitrogen and oxygen atoms in total. The smallest absolute Gasteiger partial charge is 0.179 e. The van der Waals surface area contributed by atoms with Crippen molar-refractivity contribution in [2.75, 3.05) is 12.0 Å². The highest BCUT2D eigenvalue weighted by molar-refractivity contribution is 7.90. The van der Waals surface area contributed by atoms with Crippen LogP contribution < -0.4 is 0 Å². The Balaban J connectivity index is 2.04. The molecule has 0 saturated heterocycles. The first kappa shape index (κ1) is 15.6. The zero-order valence-corrected chi connectivity index (χ0v) is 13.8. The molecule has 1 heterocycles. The third kappa shape index (κ3) is 3.54. The summed E-state index contributed by atoms with van der Waals surface area (Å²) in [7, 11) is -2.99. The molecule has 0 atom stereocenters. The van der Waals surface area contributed by atoms with E-state index in [-0.39, 0.29) is 5.75 Å². The zero-order valence-electron chi connectivity index (χ0n) is 13.0. The average molecular weight is 326 g/mol. The van der Waals surface area contributed by atoms with Crippen molar-refractivity contribution in [3.05, 3.63) is 59.2 Å². The number of nitrogens with zero attached hydrogens (tertiary/aromatic N) is 2. The molecule has 0 amide bonds. The van der Waals surface area contributed by atoms with Crippen LogP contribution in [-0.4, -0.2) is 25.3 Å². The molecule has 2 aromatic rings. The number of nitriles is 1. The number of fused-ring (bicyclic) bond motifs is 1. The molecular formula is C18H18N2O2S. The van der Waals surface area contributed by atoms with Gasteiger partial charge in [0.05, 0.1) is 18.8 Å². The van der Waals surface area contributed by atoms with Gasteiger partial charge in [-0.25, -0.2) is 8.42 Å². The molecule has 5 heteroatoms. The Morgan fingerprint density at radius 2 is 1.91 bits per heavy atom. The van der Waals surface area contributed by atoms with Crippen LogP contribution in [0.25, 0.3) is 11.1 Å². The van der Waals surface area contributed by atoms with Gasteiger partial charge in [0.1, 0.15) is 9.84 Å². The molecule has 118 valence electrons. The first-order chi connectivity index (χ1) is 11.0. The van der Waals surface area contributed by atoms with Crippen molar-refractivity contribution < 1.29 is 8.42 Å². The fourth-order valence-electron chi connectivity index (χ4n) is 2.97. The van der Waals surface area contributed by atoms with Gasteiger partial charge < -0.3 is 4.90 Å². The molecule has 0 N–H and O–H groups in total. The second kappa shape index (κ2) is 6.05. The lowest BCUT2D eigenvalue weighted by atomic mass is 9.94. The van der Waals surface area contributed by atoms with Gasteiger partial charge in [-0.15, -0.1) is 0 Å². The molecule has 0 spiro atoms. The third-order valence-corrected chi connectivity index (χ3v) is 5.05. The highest BCUT2D eigenvalue weighted by Gasteiger charge is 2.22. The van der Waals surface area contributed by atoms with Crippen LogP contribution in [-0.2, 0) is 29.3 Å². The summed E-state index contributed by atoms with van der Waals surface area (Å²) >= 11 is 0. The van der Waals surface area contributed by atoms with E-state index in [9.17, 15) is 13.7 Å². The highest BCUT2D eigenvalue weighted by atomic mass is 32.2. The summed E-state index contributed by atoms with van der Waals surface area (Å²) in [5.74, 6) is 0.141. The minimum absolute atomic E-state index is 0.141. The van der Waals surface area contributed by atoms with Gasteiger partial charge in [-0.1, -0.05) is 42.5 Å².